The van der Waals surface area contributed by atoms with E-state index in [9.17, 15) is 9.90 Å². The first kappa shape index (κ1) is 26.3. The number of aromatic amines is 1. The van der Waals surface area contributed by atoms with Crippen molar-refractivity contribution in [3.8, 4) is 5.75 Å². The number of benzene rings is 2. The number of amides is 1. The number of aryl methyl sites for hydroxylation is 2. The molecule has 3 rings (SSSR count). The first-order valence-corrected chi connectivity index (χ1v) is 12.1. The fourth-order valence-electron chi connectivity index (χ4n) is 4.36. The molecule has 0 radical (unpaired) electrons. The van der Waals surface area contributed by atoms with E-state index < -0.39 is 6.10 Å². The van der Waals surface area contributed by atoms with Crippen LogP contribution in [0, 0.1) is 19.3 Å². The first-order chi connectivity index (χ1) is 16.5. The summed E-state index contributed by atoms with van der Waals surface area (Å²) in [4.78, 5) is 12.7. The number of hydrogen-bond donors (Lipinski definition) is 3. The third-order valence-corrected chi connectivity index (χ3v) is 6.93. The molecule has 0 aliphatic carbocycles. The van der Waals surface area contributed by atoms with Crippen LogP contribution in [0.15, 0.2) is 36.4 Å². The van der Waals surface area contributed by atoms with Crippen LogP contribution < -0.4 is 10.1 Å². The van der Waals surface area contributed by atoms with Crippen molar-refractivity contribution in [1.29, 1.82) is 0 Å². The van der Waals surface area contributed by atoms with Gasteiger partial charge in [-0.15, -0.1) is 0 Å². The van der Waals surface area contributed by atoms with Crippen LogP contribution in [0.4, 0.5) is 5.95 Å². The topological polar surface area (TPSA) is 113 Å². The lowest BCUT2D eigenvalue weighted by atomic mass is 9.70. The molecule has 8 nitrogen and oxygen atoms in total. The zero-order valence-electron chi connectivity index (χ0n) is 21.8. The molecule has 3 aromatic rings. The molecule has 0 aliphatic heterocycles. The van der Waals surface area contributed by atoms with Crippen molar-refractivity contribution in [2.45, 2.75) is 72.8 Å². The van der Waals surface area contributed by atoms with Gasteiger partial charge in [-0.2, -0.15) is 0 Å². The highest BCUT2D eigenvalue weighted by atomic mass is 16.5. The smallest absolute Gasteiger partial charge is 0.258 e. The van der Waals surface area contributed by atoms with Gasteiger partial charge in [0.1, 0.15) is 12.4 Å². The third kappa shape index (κ3) is 5.70. The molecular weight excluding hydrogens is 442 g/mol. The summed E-state index contributed by atoms with van der Waals surface area (Å²) in [5, 5.41) is 26.2. The Morgan fingerprint density at radius 3 is 2.20 bits per heavy atom. The van der Waals surface area contributed by atoms with E-state index in [1.165, 1.54) is 5.56 Å². The normalized spacial score (nSPS) is 12.9. The van der Waals surface area contributed by atoms with Gasteiger partial charge in [-0.25, -0.2) is 5.10 Å². The predicted octanol–water partition coefficient (Wildman–Crippen LogP) is 4.96. The molecular formula is C27H37N5O3. The Kier molecular flexibility index (Phi) is 7.95. The highest BCUT2D eigenvalue weighted by molar-refractivity contribution is 6.04. The quantitative estimate of drug-likeness (QED) is 0.400. The van der Waals surface area contributed by atoms with Gasteiger partial charge in [-0.3, -0.25) is 10.1 Å². The number of H-pyrrole nitrogens is 1. The Bertz CT molecular complexity index is 1150. The summed E-state index contributed by atoms with van der Waals surface area (Å²) >= 11 is 0. The van der Waals surface area contributed by atoms with Gasteiger partial charge in [0.05, 0.1) is 6.10 Å². The molecule has 1 heterocycles. The van der Waals surface area contributed by atoms with Crippen LogP contribution in [-0.2, 0) is 5.41 Å². The summed E-state index contributed by atoms with van der Waals surface area (Å²) in [6.45, 7) is 14.6. The number of tetrazole rings is 1. The molecule has 3 N–H and O–H groups in total. The molecule has 188 valence electrons. The molecule has 1 aromatic heterocycles. The molecule has 0 bridgehead atoms. The average Bonchev–Trinajstić information content (AvgIpc) is 3.32. The number of hydrogen-bond acceptors (Lipinski definition) is 6. The number of carbonyl (C=O) groups is 1. The Morgan fingerprint density at radius 2 is 1.69 bits per heavy atom. The molecule has 1 atom stereocenters. The van der Waals surface area contributed by atoms with E-state index in [1.807, 2.05) is 52.8 Å². The van der Waals surface area contributed by atoms with E-state index in [-0.39, 0.29) is 29.3 Å². The number of aliphatic hydroxyl groups excluding tert-OH is 1. The van der Waals surface area contributed by atoms with Crippen LogP contribution in [-0.4, -0.2) is 44.3 Å². The fourth-order valence-corrected chi connectivity index (χ4v) is 4.36. The van der Waals surface area contributed by atoms with Crippen molar-refractivity contribution in [2.24, 2.45) is 5.41 Å². The van der Waals surface area contributed by atoms with Gasteiger partial charge in [0.25, 0.3) is 5.91 Å². The number of ether oxygens (including phenoxy) is 1. The highest BCUT2D eigenvalue weighted by Crippen LogP contribution is 2.41. The monoisotopic (exact) mass is 479 g/mol. The Balaban J connectivity index is 1.88. The van der Waals surface area contributed by atoms with Gasteiger partial charge in [0.2, 0.25) is 5.95 Å². The van der Waals surface area contributed by atoms with E-state index in [2.05, 4.69) is 58.0 Å². The summed E-state index contributed by atoms with van der Waals surface area (Å²) in [7, 11) is 0. The molecule has 35 heavy (non-hydrogen) atoms. The summed E-state index contributed by atoms with van der Waals surface area (Å²) in [5.74, 6) is 0.729. The summed E-state index contributed by atoms with van der Waals surface area (Å²) in [5.41, 5.74) is 4.41. The predicted molar refractivity (Wildman–Crippen MR) is 137 cm³/mol. The number of anilines is 1. The number of aliphatic hydroxyl groups is 1. The summed E-state index contributed by atoms with van der Waals surface area (Å²) in [6, 6.07) is 12.3. The number of carbonyl (C=O) groups excluding carboxylic acids is 1. The lowest BCUT2D eigenvalue weighted by Crippen LogP contribution is -2.32. The van der Waals surface area contributed by atoms with E-state index in [4.69, 9.17) is 4.74 Å². The standard InChI is InChI=1S/C27H37N5O3/c1-8-27(9-2,20-11-13-22(18(4)15-20)35-16-23(33)26(5,6)7)19-10-12-21(17(3)14-19)24(34)28-25-29-31-32-30-25/h10-15,23,33H,8-9,16H2,1-7H3,(H2,28,29,30,31,32,34). The van der Waals surface area contributed by atoms with Crippen molar-refractivity contribution in [2.75, 3.05) is 11.9 Å². The number of rotatable bonds is 9. The second-order valence-corrected chi connectivity index (χ2v) is 10.2. The van der Waals surface area contributed by atoms with Crippen LogP contribution in [0.2, 0.25) is 0 Å². The highest BCUT2D eigenvalue weighted by Gasteiger charge is 2.32. The van der Waals surface area contributed by atoms with Gasteiger partial charge >= 0.3 is 0 Å². The fraction of sp³-hybridized carbons (Fsp3) is 0.481. The summed E-state index contributed by atoms with van der Waals surface area (Å²) in [6.07, 6.45) is 1.26. The van der Waals surface area contributed by atoms with Gasteiger partial charge in [-0.05, 0) is 76.9 Å². The summed E-state index contributed by atoms with van der Waals surface area (Å²) < 4.78 is 5.96. The Hall–Kier alpha value is -3.26. The van der Waals surface area contributed by atoms with Crippen molar-refractivity contribution < 1.29 is 14.6 Å². The largest absolute Gasteiger partial charge is 0.491 e. The second kappa shape index (κ2) is 10.6. The maximum absolute atomic E-state index is 12.7. The van der Waals surface area contributed by atoms with Crippen molar-refractivity contribution in [1.82, 2.24) is 20.6 Å². The number of nitrogens with zero attached hydrogens (tertiary/aromatic N) is 3. The SMILES string of the molecule is CCC(CC)(c1ccc(OCC(O)C(C)(C)C)c(C)c1)c1ccc(C(=O)Nc2nnn[nH]2)c(C)c1. The van der Waals surface area contributed by atoms with Crippen molar-refractivity contribution in [3.63, 3.8) is 0 Å². The average molecular weight is 480 g/mol. The Morgan fingerprint density at radius 1 is 1.06 bits per heavy atom. The molecule has 0 fully saturated rings. The zero-order valence-corrected chi connectivity index (χ0v) is 21.8. The van der Waals surface area contributed by atoms with Crippen LogP contribution in [0.5, 0.6) is 5.75 Å². The molecule has 0 aliphatic rings. The van der Waals surface area contributed by atoms with Crippen LogP contribution >= 0.6 is 0 Å². The number of nitrogens with one attached hydrogen (secondary N) is 2. The van der Waals surface area contributed by atoms with Crippen LogP contribution in [0.3, 0.4) is 0 Å². The minimum absolute atomic E-state index is 0.206. The van der Waals surface area contributed by atoms with Gasteiger partial charge in [-0.1, -0.05) is 64.0 Å². The van der Waals surface area contributed by atoms with E-state index in [0.717, 1.165) is 35.3 Å². The maximum atomic E-state index is 12.7. The minimum Gasteiger partial charge on any atom is -0.491 e. The molecule has 0 spiro atoms. The molecule has 2 aromatic carbocycles. The van der Waals surface area contributed by atoms with Crippen molar-refractivity contribution in [3.05, 3.63) is 64.2 Å². The van der Waals surface area contributed by atoms with Crippen LogP contribution in [0.1, 0.15) is 80.1 Å². The third-order valence-electron chi connectivity index (χ3n) is 6.93. The molecule has 0 saturated heterocycles. The van der Waals surface area contributed by atoms with E-state index in [1.54, 1.807) is 0 Å². The molecule has 1 unspecified atom stereocenters. The lowest BCUT2D eigenvalue weighted by Gasteiger charge is -2.34. The zero-order chi connectivity index (χ0) is 25.8. The van der Waals surface area contributed by atoms with E-state index >= 15 is 0 Å². The lowest BCUT2D eigenvalue weighted by molar-refractivity contribution is 0.0216. The molecule has 0 saturated carbocycles. The van der Waals surface area contributed by atoms with Gasteiger partial charge in [0.15, 0.2) is 0 Å². The van der Waals surface area contributed by atoms with Crippen LogP contribution in [0.25, 0.3) is 0 Å². The van der Waals surface area contributed by atoms with Gasteiger partial charge in [0, 0.05) is 11.0 Å². The minimum atomic E-state index is -0.550. The number of aromatic nitrogens is 4. The Labute approximate surface area is 207 Å². The second-order valence-electron chi connectivity index (χ2n) is 10.2. The molecule has 1 amide bonds. The van der Waals surface area contributed by atoms with E-state index in [0.29, 0.717) is 5.56 Å². The maximum Gasteiger partial charge on any atom is 0.258 e. The molecule has 8 heteroatoms. The van der Waals surface area contributed by atoms with Gasteiger partial charge < -0.3 is 9.84 Å². The first-order valence-electron chi connectivity index (χ1n) is 12.1. The van der Waals surface area contributed by atoms with Crippen molar-refractivity contribution >= 4 is 11.9 Å².